The predicted octanol–water partition coefficient (Wildman–Crippen LogP) is 2.97. The van der Waals surface area contributed by atoms with Crippen LogP contribution in [-0.4, -0.2) is 36.3 Å². The number of hydrogen-bond acceptors (Lipinski definition) is 2. The lowest BCUT2D eigenvalue weighted by Gasteiger charge is -2.24. The molecule has 0 spiro atoms. The fourth-order valence-electron chi connectivity index (χ4n) is 2.80. The first-order valence-corrected chi connectivity index (χ1v) is 7.89. The third kappa shape index (κ3) is 4.55. The van der Waals surface area contributed by atoms with Crippen molar-refractivity contribution in [2.45, 2.75) is 39.0 Å². The zero-order valence-corrected chi connectivity index (χ0v) is 13.1. The summed E-state index contributed by atoms with van der Waals surface area (Å²) < 4.78 is 13.3. The maximum atomic E-state index is 13.3. The third-order valence-corrected chi connectivity index (χ3v) is 4.01. The number of hydrogen-bond donors (Lipinski definition) is 0. The Hall–Kier alpha value is -1.91. The van der Waals surface area contributed by atoms with Crippen LogP contribution in [0, 0.1) is 5.82 Å². The molecule has 2 rings (SSSR count). The maximum Gasteiger partial charge on any atom is 0.224 e. The number of rotatable bonds is 4. The summed E-state index contributed by atoms with van der Waals surface area (Å²) in [6, 6.07) is 5.90. The highest BCUT2D eigenvalue weighted by Crippen LogP contribution is 2.17. The largest absolute Gasteiger partial charge is 0.343 e. The number of anilines is 1. The van der Waals surface area contributed by atoms with E-state index in [-0.39, 0.29) is 30.6 Å². The average molecular weight is 306 g/mol. The Labute approximate surface area is 130 Å². The SMILES string of the molecule is CC(=O)N(CCC(=O)N1CCCCCC1)c1cccc(F)c1. The molecule has 1 aliphatic rings. The Kier molecular flexibility index (Phi) is 5.92. The van der Waals surface area contributed by atoms with Gasteiger partial charge in [0.15, 0.2) is 0 Å². The molecule has 1 fully saturated rings. The van der Waals surface area contributed by atoms with Crippen molar-refractivity contribution >= 4 is 17.5 Å². The molecule has 0 unspecified atom stereocenters. The van der Waals surface area contributed by atoms with Crippen LogP contribution in [0.4, 0.5) is 10.1 Å². The van der Waals surface area contributed by atoms with Crippen LogP contribution < -0.4 is 4.90 Å². The summed E-state index contributed by atoms with van der Waals surface area (Å²) in [6.45, 7) is 3.33. The highest BCUT2D eigenvalue weighted by atomic mass is 19.1. The van der Waals surface area contributed by atoms with E-state index in [9.17, 15) is 14.0 Å². The summed E-state index contributed by atoms with van der Waals surface area (Å²) in [5.74, 6) is -0.499. The quantitative estimate of drug-likeness (QED) is 0.858. The number of amides is 2. The third-order valence-electron chi connectivity index (χ3n) is 4.01. The topological polar surface area (TPSA) is 40.6 Å². The Balaban J connectivity index is 1.97. The minimum atomic E-state index is -0.386. The molecule has 22 heavy (non-hydrogen) atoms. The number of benzene rings is 1. The van der Waals surface area contributed by atoms with E-state index < -0.39 is 0 Å². The number of nitrogens with zero attached hydrogens (tertiary/aromatic N) is 2. The molecule has 2 amide bonds. The molecule has 1 aromatic rings. The van der Waals surface area contributed by atoms with E-state index in [0.717, 1.165) is 25.9 Å². The Bertz CT molecular complexity index is 525. The molecule has 1 heterocycles. The monoisotopic (exact) mass is 306 g/mol. The maximum absolute atomic E-state index is 13.3. The van der Waals surface area contributed by atoms with E-state index in [1.54, 1.807) is 12.1 Å². The molecule has 0 aliphatic carbocycles. The summed E-state index contributed by atoms with van der Waals surface area (Å²) in [5.41, 5.74) is 0.496. The molecule has 0 N–H and O–H groups in total. The zero-order chi connectivity index (χ0) is 15.9. The van der Waals surface area contributed by atoms with Crippen molar-refractivity contribution in [3.8, 4) is 0 Å². The van der Waals surface area contributed by atoms with Crippen molar-refractivity contribution in [2.75, 3.05) is 24.5 Å². The van der Waals surface area contributed by atoms with Crippen molar-refractivity contribution < 1.29 is 14.0 Å². The summed E-state index contributed by atoms with van der Waals surface area (Å²) in [4.78, 5) is 27.4. The van der Waals surface area contributed by atoms with Gasteiger partial charge in [0.1, 0.15) is 5.82 Å². The summed E-state index contributed by atoms with van der Waals surface area (Å²) in [6.07, 6.45) is 4.72. The van der Waals surface area contributed by atoms with Crippen molar-refractivity contribution in [2.24, 2.45) is 0 Å². The van der Waals surface area contributed by atoms with Crippen LogP contribution in [0.25, 0.3) is 0 Å². The van der Waals surface area contributed by atoms with E-state index in [2.05, 4.69) is 0 Å². The number of carbonyl (C=O) groups is 2. The average Bonchev–Trinajstić information content (AvgIpc) is 2.76. The van der Waals surface area contributed by atoms with Crippen LogP contribution in [0.2, 0.25) is 0 Å². The van der Waals surface area contributed by atoms with Gasteiger partial charge in [-0.3, -0.25) is 9.59 Å². The van der Waals surface area contributed by atoms with Gasteiger partial charge in [0.2, 0.25) is 11.8 Å². The minimum Gasteiger partial charge on any atom is -0.343 e. The van der Waals surface area contributed by atoms with Crippen molar-refractivity contribution in [1.82, 2.24) is 4.90 Å². The van der Waals surface area contributed by atoms with Gasteiger partial charge in [0.25, 0.3) is 0 Å². The number of carbonyl (C=O) groups excluding carboxylic acids is 2. The van der Waals surface area contributed by atoms with Crippen molar-refractivity contribution in [3.05, 3.63) is 30.1 Å². The summed E-state index contributed by atoms with van der Waals surface area (Å²) in [7, 11) is 0. The normalized spacial score (nSPS) is 15.3. The Morgan fingerprint density at radius 3 is 2.45 bits per heavy atom. The van der Waals surface area contributed by atoms with Gasteiger partial charge in [0.05, 0.1) is 0 Å². The molecule has 0 atom stereocenters. The van der Waals surface area contributed by atoms with Gasteiger partial charge < -0.3 is 9.80 Å². The van der Waals surface area contributed by atoms with E-state index in [4.69, 9.17) is 0 Å². The van der Waals surface area contributed by atoms with Gasteiger partial charge in [0, 0.05) is 38.7 Å². The molecule has 120 valence electrons. The molecule has 0 aromatic heterocycles. The lowest BCUT2D eigenvalue weighted by molar-refractivity contribution is -0.131. The standard InChI is InChI=1S/C17H23FN2O2/c1-14(21)20(16-8-6-7-15(18)13-16)12-9-17(22)19-10-4-2-3-5-11-19/h6-8,13H,2-5,9-12H2,1H3. The second-order valence-corrected chi connectivity index (χ2v) is 5.70. The van der Waals surface area contributed by atoms with E-state index >= 15 is 0 Å². The first-order valence-electron chi connectivity index (χ1n) is 7.89. The molecule has 1 aromatic carbocycles. The molecular weight excluding hydrogens is 283 g/mol. The molecule has 0 radical (unpaired) electrons. The van der Waals surface area contributed by atoms with Gasteiger partial charge in [-0.05, 0) is 31.0 Å². The van der Waals surface area contributed by atoms with E-state index in [1.165, 1.54) is 36.8 Å². The number of halogens is 1. The molecule has 1 aliphatic heterocycles. The van der Waals surface area contributed by atoms with E-state index in [0.29, 0.717) is 5.69 Å². The smallest absolute Gasteiger partial charge is 0.224 e. The fraction of sp³-hybridized carbons (Fsp3) is 0.529. The second-order valence-electron chi connectivity index (χ2n) is 5.70. The minimum absolute atomic E-state index is 0.0737. The highest BCUT2D eigenvalue weighted by molar-refractivity contribution is 5.92. The van der Waals surface area contributed by atoms with Crippen LogP contribution in [0.3, 0.4) is 0 Å². The lowest BCUT2D eigenvalue weighted by atomic mass is 10.2. The summed E-state index contributed by atoms with van der Waals surface area (Å²) >= 11 is 0. The highest BCUT2D eigenvalue weighted by Gasteiger charge is 2.18. The molecule has 5 heteroatoms. The van der Waals surface area contributed by atoms with E-state index in [1.807, 2.05) is 4.90 Å². The lowest BCUT2D eigenvalue weighted by Crippen LogP contribution is -2.36. The molecule has 0 saturated carbocycles. The van der Waals surface area contributed by atoms with Crippen LogP contribution in [0.1, 0.15) is 39.0 Å². The van der Waals surface area contributed by atoms with Gasteiger partial charge in [-0.1, -0.05) is 18.9 Å². The molecule has 4 nitrogen and oxygen atoms in total. The zero-order valence-electron chi connectivity index (χ0n) is 13.1. The van der Waals surface area contributed by atoms with Crippen molar-refractivity contribution in [3.63, 3.8) is 0 Å². The van der Waals surface area contributed by atoms with Gasteiger partial charge >= 0.3 is 0 Å². The molecule has 1 saturated heterocycles. The molecular formula is C17H23FN2O2. The Morgan fingerprint density at radius 2 is 1.86 bits per heavy atom. The summed E-state index contributed by atoms with van der Waals surface area (Å²) in [5, 5.41) is 0. The first-order chi connectivity index (χ1) is 10.6. The van der Waals surface area contributed by atoms with Gasteiger partial charge in [-0.25, -0.2) is 4.39 Å². The first kappa shape index (κ1) is 16.5. The van der Waals surface area contributed by atoms with Crippen molar-refractivity contribution in [1.29, 1.82) is 0 Å². The van der Waals surface area contributed by atoms with Crippen LogP contribution in [0.5, 0.6) is 0 Å². The van der Waals surface area contributed by atoms with Gasteiger partial charge in [-0.2, -0.15) is 0 Å². The second kappa shape index (κ2) is 7.92. The molecule has 0 bridgehead atoms. The van der Waals surface area contributed by atoms with Crippen LogP contribution in [-0.2, 0) is 9.59 Å². The van der Waals surface area contributed by atoms with Crippen LogP contribution in [0.15, 0.2) is 24.3 Å². The van der Waals surface area contributed by atoms with Crippen LogP contribution >= 0.6 is 0 Å². The van der Waals surface area contributed by atoms with Gasteiger partial charge in [-0.15, -0.1) is 0 Å². The fourth-order valence-corrected chi connectivity index (χ4v) is 2.80. The Morgan fingerprint density at radius 1 is 1.18 bits per heavy atom. The predicted molar refractivity (Wildman–Crippen MR) is 84.1 cm³/mol. The number of likely N-dealkylation sites (tertiary alicyclic amines) is 1.